The van der Waals surface area contributed by atoms with E-state index < -0.39 is 0 Å². The van der Waals surface area contributed by atoms with E-state index in [1.165, 1.54) is 6.42 Å². The molecule has 1 unspecified atom stereocenters. The number of aromatic amines is 1. The molecular formula is C27H40N8O2. The number of nitrogens with one attached hydrogen (secondary N) is 2. The van der Waals surface area contributed by atoms with Gasteiger partial charge in [-0.1, -0.05) is 6.42 Å². The third-order valence-electron chi connectivity index (χ3n) is 8.70. The SMILES string of the molecule is Cc1cc(Nc2cc(C3CCCO3)nc(N(C)[C@H]3C[C@H]4CCC[C@@H](C3)N4CC(=O)N3CCCC3)n2)n[nH]1. The minimum Gasteiger partial charge on any atom is -0.372 e. The summed E-state index contributed by atoms with van der Waals surface area (Å²) in [5, 5.41) is 10.7. The van der Waals surface area contributed by atoms with Gasteiger partial charge < -0.3 is 19.9 Å². The predicted octanol–water partition coefficient (Wildman–Crippen LogP) is 3.55. The Kier molecular flexibility index (Phi) is 7.03. The molecule has 10 heteroatoms. The normalized spacial score (nSPS) is 28.0. The summed E-state index contributed by atoms with van der Waals surface area (Å²) in [7, 11) is 2.13. The van der Waals surface area contributed by atoms with Crippen molar-refractivity contribution < 1.29 is 9.53 Å². The van der Waals surface area contributed by atoms with Crippen molar-refractivity contribution in [3.8, 4) is 0 Å². The van der Waals surface area contributed by atoms with Gasteiger partial charge in [-0.2, -0.15) is 10.1 Å². The van der Waals surface area contributed by atoms with Crippen LogP contribution in [0.5, 0.6) is 0 Å². The summed E-state index contributed by atoms with van der Waals surface area (Å²) in [5.41, 5.74) is 1.92. The maximum absolute atomic E-state index is 13.0. The molecule has 200 valence electrons. The van der Waals surface area contributed by atoms with E-state index in [1.54, 1.807) is 0 Å². The van der Waals surface area contributed by atoms with Gasteiger partial charge in [0.15, 0.2) is 5.82 Å². The van der Waals surface area contributed by atoms with Crippen LogP contribution in [0.2, 0.25) is 0 Å². The number of H-pyrrole nitrogens is 1. The van der Waals surface area contributed by atoms with Crippen molar-refractivity contribution in [1.29, 1.82) is 0 Å². The molecule has 4 aliphatic rings. The average Bonchev–Trinajstić information content (AvgIpc) is 3.67. The van der Waals surface area contributed by atoms with Crippen LogP contribution in [0, 0.1) is 6.92 Å². The Morgan fingerprint density at radius 2 is 1.86 bits per heavy atom. The van der Waals surface area contributed by atoms with Crippen LogP contribution in [-0.4, -0.2) is 87.3 Å². The highest BCUT2D eigenvalue weighted by atomic mass is 16.5. The lowest BCUT2D eigenvalue weighted by molar-refractivity contribution is -0.134. The first-order chi connectivity index (χ1) is 18.0. The zero-order valence-corrected chi connectivity index (χ0v) is 22.2. The zero-order valence-electron chi connectivity index (χ0n) is 22.2. The molecule has 10 nitrogen and oxygen atoms in total. The van der Waals surface area contributed by atoms with Crippen molar-refractivity contribution in [2.24, 2.45) is 0 Å². The topological polar surface area (TPSA) is 103 Å². The number of aromatic nitrogens is 4. The van der Waals surface area contributed by atoms with Gasteiger partial charge in [0.1, 0.15) is 5.82 Å². The van der Waals surface area contributed by atoms with Gasteiger partial charge >= 0.3 is 0 Å². The van der Waals surface area contributed by atoms with E-state index in [4.69, 9.17) is 14.7 Å². The molecule has 4 fully saturated rings. The molecule has 0 spiro atoms. The van der Waals surface area contributed by atoms with Gasteiger partial charge in [-0.25, -0.2) is 4.98 Å². The largest absolute Gasteiger partial charge is 0.372 e. The summed E-state index contributed by atoms with van der Waals surface area (Å²) < 4.78 is 5.98. The van der Waals surface area contributed by atoms with Gasteiger partial charge in [-0.05, 0) is 58.3 Å². The molecule has 0 aromatic carbocycles. The first-order valence-corrected chi connectivity index (χ1v) is 14.1. The van der Waals surface area contributed by atoms with Crippen LogP contribution in [0.4, 0.5) is 17.6 Å². The molecule has 4 saturated heterocycles. The van der Waals surface area contributed by atoms with Crippen LogP contribution in [0.25, 0.3) is 0 Å². The Morgan fingerprint density at radius 3 is 2.54 bits per heavy atom. The van der Waals surface area contributed by atoms with Gasteiger partial charge in [0, 0.05) is 62.7 Å². The summed E-state index contributed by atoms with van der Waals surface area (Å²) in [4.78, 5) is 29.7. The Hall–Kier alpha value is -2.72. The number of fused-ring (bicyclic) bond motifs is 2. The van der Waals surface area contributed by atoms with Crippen molar-refractivity contribution in [3.63, 3.8) is 0 Å². The summed E-state index contributed by atoms with van der Waals surface area (Å²) >= 11 is 0. The maximum atomic E-state index is 13.0. The minimum atomic E-state index is 0.00875. The van der Waals surface area contributed by atoms with Crippen LogP contribution >= 0.6 is 0 Å². The fourth-order valence-corrected chi connectivity index (χ4v) is 6.67. The van der Waals surface area contributed by atoms with Crippen molar-refractivity contribution >= 4 is 23.5 Å². The second-order valence-electron chi connectivity index (χ2n) is 11.3. The smallest absolute Gasteiger partial charge is 0.236 e. The third kappa shape index (κ3) is 5.31. The first kappa shape index (κ1) is 24.6. The molecule has 0 radical (unpaired) electrons. The number of ether oxygens (including phenoxy) is 1. The molecule has 6 rings (SSSR count). The van der Waals surface area contributed by atoms with E-state index in [0.29, 0.717) is 30.6 Å². The molecule has 6 heterocycles. The van der Waals surface area contributed by atoms with Crippen LogP contribution < -0.4 is 10.2 Å². The zero-order chi connectivity index (χ0) is 25.4. The van der Waals surface area contributed by atoms with Crippen LogP contribution in [-0.2, 0) is 9.53 Å². The highest BCUT2D eigenvalue weighted by Gasteiger charge is 2.41. The van der Waals surface area contributed by atoms with E-state index in [2.05, 4.69) is 37.3 Å². The number of nitrogens with zero attached hydrogens (tertiary/aromatic N) is 6. The Bertz CT molecular complexity index is 1080. The number of likely N-dealkylation sites (tertiary alicyclic amines) is 1. The molecule has 0 saturated carbocycles. The van der Waals surface area contributed by atoms with Gasteiger partial charge in [0.2, 0.25) is 11.9 Å². The molecule has 1 amide bonds. The minimum absolute atomic E-state index is 0.00875. The number of rotatable bonds is 7. The lowest BCUT2D eigenvalue weighted by Crippen LogP contribution is -2.58. The van der Waals surface area contributed by atoms with E-state index >= 15 is 0 Å². The Labute approximate surface area is 219 Å². The second-order valence-corrected chi connectivity index (χ2v) is 11.3. The first-order valence-electron chi connectivity index (χ1n) is 14.1. The monoisotopic (exact) mass is 508 g/mol. The molecular weight excluding hydrogens is 468 g/mol. The number of amides is 1. The molecule has 2 aromatic heterocycles. The third-order valence-corrected chi connectivity index (χ3v) is 8.70. The fraction of sp³-hybridized carbons (Fsp3) is 0.704. The maximum Gasteiger partial charge on any atom is 0.236 e. The van der Waals surface area contributed by atoms with Crippen molar-refractivity contribution in [3.05, 3.63) is 23.5 Å². The van der Waals surface area contributed by atoms with E-state index in [9.17, 15) is 4.79 Å². The molecule has 2 bridgehead atoms. The number of hydrogen-bond acceptors (Lipinski definition) is 8. The van der Waals surface area contributed by atoms with Crippen LogP contribution in [0.15, 0.2) is 12.1 Å². The Balaban J connectivity index is 1.20. The van der Waals surface area contributed by atoms with Crippen LogP contribution in [0.3, 0.4) is 0 Å². The van der Waals surface area contributed by atoms with Crippen molar-refractivity contribution in [2.45, 2.75) is 88.9 Å². The summed E-state index contributed by atoms with van der Waals surface area (Å²) in [6, 6.07) is 5.19. The number of carbonyl (C=O) groups is 1. The number of piperidine rings is 2. The van der Waals surface area contributed by atoms with E-state index in [1.807, 2.05) is 19.1 Å². The summed E-state index contributed by atoms with van der Waals surface area (Å²) in [6.07, 6.45) is 9.99. The number of carbonyl (C=O) groups excluding carboxylic acids is 1. The molecule has 4 atom stereocenters. The van der Waals surface area contributed by atoms with Gasteiger partial charge in [-0.3, -0.25) is 14.8 Å². The molecule has 37 heavy (non-hydrogen) atoms. The summed E-state index contributed by atoms with van der Waals surface area (Å²) in [6.45, 7) is 5.20. The highest BCUT2D eigenvalue weighted by Crippen LogP contribution is 2.37. The molecule has 4 aliphatic heterocycles. The van der Waals surface area contributed by atoms with Crippen LogP contribution in [0.1, 0.15) is 75.3 Å². The number of aryl methyl sites for hydroxylation is 1. The van der Waals surface area contributed by atoms with Gasteiger partial charge in [0.25, 0.3) is 0 Å². The molecule has 0 aliphatic carbocycles. The van der Waals surface area contributed by atoms with Crippen molar-refractivity contribution in [1.82, 2.24) is 30.0 Å². The quantitative estimate of drug-likeness (QED) is 0.586. The number of anilines is 3. The van der Waals surface area contributed by atoms with Crippen molar-refractivity contribution in [2.75, 3.05) is 43.5 Å². The highest BCUT2D eigenvalue weighted by molar-refractivity contribution is 5.78. The van der Waals surface area contributed by atoms with Gasteiger partial charge in [-0.15, -0.1) is 0 Å². The van der Waals surface area contributed by atoms with E-state index in [-0.39, 0.29) is 6.10 Å². The lowest BCUT2D eigenvalue weighted by atomic mass is 9.81. The predicted molar refractivity (Wildman–Crippen MR) is 142 cm³/mol. The summed E-state index contributed by atoms with van der Waals surface area (Å²) in [5.74, 6) is 2.53. The molecule has 2 N–H and O–H groups in total. The van der Waals surface area contributed by atoms with Gasteiger partial charge in [0.05, 0.1) is 18.3 Å². The number of hydrogen-bond donors (Lipinski definition) is 2. The average molecular weight is 509 g/mol. The van der Waals surface area contributed by atoms with E-state index in [0.717, 1.165) is 100 Å². The fourth-order valence-electron chi connectivity index (χ4n) is 6.67. The molecule has 2 aromatic rings. The second kappa shape index (κ2) is 10.6. The Morgan fingerprint density at radius 1 is 1.08 bits per heavy atom. The standard InChI is InChI=1S/C27H40N8O2/c1-18-13-25(32-31-18)29-24-16-22(23-9-6-12-37-23)28-27(30-24)33(2)21-14-19-7-5-8-20(15-21)35(19)17-26(36)34-10-3-4-11-34/h13,16,19-21,23H,3-12,14-15,17H2,1-2H3,(H2,28,29,30,31,32)/t19-,20+,21+,23?. The lowest BCUT2D eigenvalue weighted by Gasteiger charge is -2.50.